The van der Waals surface area contributed by atoms with E-state index in [-0.39, 0.29) is 17.7 Å². The van der Waals surface area contributed by atoms with Gasteiger partial charge in [0.15, 0.2) is 0 Å². The molecule has 1 aromatic heterocycles. The van der Waals surface area contributed by atoms with Crippen LogP contribution in [0, 0.1) is 5.92 Å². The Morgan fingerprint density at radius 2 is 1.96 bits per heavy atom. The van der Waals surface area contributed by atoms with E-state index in [1.165, 1.54) is 10.4 Å². The van der Waals surface area contributed by atoms with Crippen LogP contribution in [-0.2, 0) is 17.8 Å². The third kappa shape index (κ3) is 4.50. The van der Waals surface area contributed by atoms with Crippen LogP contribution in [0.2, 0.25) is 0 Å². The highest BCUT2D eigenvalue weighted by molar-refractivity contribution is 7.10. The maximum atomic E-state index is 13.1. The molecule has 3 rings (SSSR count). The summed E-state index contributed by atoms with van der Waals surface area (Å²) < 4.78 is 5.41. The Kier molecular flexibility index (Phi) is 6.16. The molecule has 1 N–H and O–H groups in total. The fourth-order valence-electron chi connectivity index (χ4n) is 3.24. The monoisotopic (exact) mass is 386 g/mol. The Balaban J connectivity index is 1.68. The van der Waals surface area contributed by atoms with Gasteiger partial charge in [0.1, 0.15) is 11.8 Å². The molecule has 0 aliphatic carbocycles. The van der Waals surface area contributed by atoms with Crippen LogP contribution >= 0.6 is 11.3 Å². The van der Waals surface area contributed by atoms with E-state index in [0.29, 0.717) is 25.3 Å². The van der Waals surface area contributed by atoms with Gasteiger partial charge >= 0.3 is 0 Å². The molecule has 0 bridgehead atoms. The molecule has 144 valence electrons. The molecule has 1 aromatic carbocycles. The molecule has 2 heterocycles. The van der Waals surface area contributed by atoms with E-state index in [4.69, 9.17) is 4.74 Å². The minimum Gasteiger partial charge on any atom is -0.494 e. The smallest absolute Gasteiger partial charge is 0.251 e. The van der Waals surface area contributed by atoms with Gasteiger partial charge in [0.2, 0.25) is 5.91 Å². The molecule has 27 heavy (non-hydrogen) atoms. The Bertz CT molecular complexity index is 798. The highest BCUT2D eigenvalue weighted by Crippen LogP contribution is 2.25. The number of thiophene rings is 1. The molecule has 1 aliphatic rings. The van der Waals surface area contributed by atoms with Crippen molar-refractivity contribution in [2.45, 2.75) is 39.8 Å². The fourth-order valence-corrected chi connectivity index (χ4v) is 4.13. The van der Waals surface area contributed by atoms with Crippen LogP contribution in [0.15, 0.2) is 35.7 Å². The first-order valence-corrected chi connectivity index (χ1v) is 10.2. The van der Waals surface area contributed by atoms with E-state index in [1.54, 1.807) is 35.6 Å². The number of ether oxygens (including phenoxy) is 1. The van der Waals surface area contributed by atoms with Crippen LogP contribution in [0.1, 0.15) is 41.6 Å². The van der Waals surface area contributed by atoms with Gasteiger partial charge in [-0.3, -0.25) is 9.59 Å². The first-order chi connectivity index (χ1) is 13.0. The predicted molar refractivity (Wildman–Crippen MR) is 107 cm³/mol. The van der Waals surface area contributed by atoms with Crippen LogP contribution in [0.25, 0.3) is 0 Å². The Hall–Kier alpha value is -2.34. The van der Waals surface area contributed by atoms with Gasteiger partial charge in [-0.2, -0.15) is 0 Å². The molecule has 2 aromatic rings. The summed E-state index contributed by atoms with van der Waals surface area (Å²) in [4.78, 5) is 28.9. The summed E-state index contributed by atoms with van der Waals surface area (Å²) in [5.41, 5.74) is 1.75. The van der Waals surface area contributed by atoms with E-state index in [2.05, 4.69) is 16.8 Å². The van der Waals surface area contributed by atoms with Crippen molar-refractivity contribution in [2.75, 3.05) is 13.2 Å². The topological polar surface area (TPSA) is 58.6 Å². The van der Waals surface area contributed by atoms with Crippen molar-refractivity contribution in [3.63, 3.8) is 0 Å². The Morgan fingerprint density at radius 1 is 1.22 bits per heavy atom. The Morgan fingerprint density at radius 3 is 2.63 bits per heavy atom. The van der Waals surface area contributed by atoms with E-state index < -0.39 is 6.04 Å². The van der Waals surface area contributed by atoms with Gasteiger partial charge in [-0.1, -0.05) is 13.8 Å². The van der Waals surface area contributed by atoms with Gasteiger partial charge in [0.05, 0.1) is 6.61 Å². The first kappa shape index (κ1) is 19.4. The number of nitrogens with zero attached hydrogens (tertiary/aromatic N) is 1. The van der Waals surface area contributed by atoms with Gasteiger partial charge in [-0.25, -0.2) is 0 Å². The van der Waals surface area contributed by atoms with Crippen molar-refractivity contribution in [3.8, 4) is 5.75 Å². The molecule has 0 saturated carbocycles. The zero-order valence-electron chi connectivity index (χ0n) is 16.0. The molecular formula is C21H26N2O3S. The normalized spacial score (nSPS) is 14.6. The highest BCUT2D eigenvalue weighted by Gasteiger charge is 2.31. The van der Waals surface area contributed by atoms with E-state index in [1.807, 2.05) is 25.7 Å². The molecule has 0 saturated heterocycles. The summed E-state index contributed by atoms with van der Waals surface area (Å²) in [5, 5.41) is 5.01. The van der Waals surface area contributed by atoms with Crippen molar-refractivity contribution in [3.05, 3.63) is 51.7 Å². The van der Waals surface area contributed by atoms with E-state index in [0.717, 1.165) is 12.2 Å². The van der Waals surface area contributed by atoms with E-state index in [9.17, 15) is 9.59 Å². The summed E-state index contributed by atoms with van der Waals surface area (Å²) in [7, 11) is 0. The molecule has 0 spiro atoms. The number of hydrogen-bond acceptors (Lipinski definition) is 4. The number of carbonyl (C=O) groups excluding carboxylic acids is 2. The van der Waals surface area contributed by atoms with Crippen LogP contribution in [0.3, 0.4) is 0 Å². The van der Waals surface area contributed by atoms with E-state index >= 15 is 0 Å². The maximum Gasteiger partial charge on any atom is 0.251 e. The second-order valence-corrected chi connectivity index (χ2v) is 8.03. The quantitative estimate of drug-likeness (QED) is 0.827. The third-order valence-electron chi connectivity index (χ3n) is 4.77. The second-order valence-electron chi connectivity index (χ2n) is 7.03. The van der Waals surface area contributed by atoms with Crippen molar-refractivity contribution in [1.29, 1.82) is 0 Å². The lowest BCUT2D eigenvalue weighted by atomic mass is 10.00. The molecular weight excluding hydrogens is 360 g/mol. The number of hydrogen-bond donors (Lipinski definition) is 1. The van der Waals surface area contributed by atoms with Gasteiger partial charge < -0.3 is 15.0 Å². The van der Waals surface area contributed by atoms with Crippen LogP contribution in [0.4, 0.5) is 0 Å². The number of nitrogens with one attached hydrogen (secondary N) is 1. The molecule has 5 nitrogen and oxygen atoms in total. The average molecular weight is 387 g/mol. The minimum atomic E-state index is -0.538. The van der Waals surface area contributed by atoms with Crippen LogP contribution < -0.4 is 10.1 Å². The second kappa shape index (κ2) is 8.57. The molecule has 0 radical (unpaired) electrons. The lowest BCUT2D eigenvalue weighted by Gasteiger charge is -2.32. The first-order valence-electron chi connectivity index (χ1n) is 9.37. The van der Waals surface area contributed by atoms with Crippen molar-refractivity contribution >= 4 is 23.2 Å². The number of benzene rings is 1. The van der Waals surface area contributed by atoms with Crippen molar-refractivity contribution in [2.24, 2.45) is 5.92 Å². The molecule has 0 unspecified atom stereocenters. The standard InChI is InChI=1S/C21H26N2O3S/c1-4-26-17-7-5-15(6-8-17)20(24)22-19(14(2)3)21(25)23-11-9-18-16(13-23)10-12-27-18/h5-8,10,12,14,19H,4,9,11,13H2,1-3H3,(H,22,24)/t19-/m1/s1. The van der Waals surface area contributed by atoms with Gasteiger partial charge in [-0.15, -0.1) is 11.3 Å². The summed E-state index contributed by atoms with van der Waals surface area (Å²) >= 11 is 1.75. The number of rotatable bonds is 6. The number of fused-ring (bicyclic) bond motifs is 1. The predicted octanol–water partition coefficient (Wildman–Crippen LogP) is 3.49. The zero-order chi connectivity index (χ0) is 19.4. The molecule has 1 aliphatic heterocycles. The van der Waals surface area contributed by atoms with Gasteiger partial charge in [0.25, 0.3) is 5.91 Å². The van der Waals surface area contributed by atoms with Crippen LogP contribution in [-0.4, -0.2) is 35.9 Å². The minimum absolute atomic E-state index is 0.00743. The average Bonchev–Trinajstić information content (AvgIpc) is 3.13. The maximum absolute atomic E-state index is 13.1. The summed E-state index contributed by atoms with van der Waals surface area (Å²) in [6.07, 6.45) is 0.885. The summed E-state index contributed by atoms with van der Waals surface area (Å²) in [5.74, 6) is 0.484. The van der Waals surface area contributed by atoms with Gasteiger partial charge in [-0.05, 0) is 60.5 Å². The van der Waals surface area contributed by atoms with Crippen LogP contribution in [0.5, 0.6) is 5.75 Å². The largest absolute Gasteiger partial charge is 0.494 e. The highest BCUT2D eigenvalue weighted by atomic mass is 32.1. The number of amides is 2. The fraction of sp³-hybridized carbons (Fsp3) is 0.429. The SMILES string of the molecule is CCOc1ccc(C(=O)N[C@@H](C(=O)N2CCc3sccc3C2)C(C)C)cc1. The van der Waals surface area contributed by atoms with Gasteiger partial charge in [0, 0.05) is 23.5 Å². The van der Waals surface area contributed by atoms with Crippen molar-refractivity contribution < 1.29 is 14.3 Å². The Labute approximate surface area is 164 Å². The lowest BCUT2D eigenvalue weighted by Crippen LogP contribution is -2.52. The van der Waals surface area contributed by atoms with Crippen molar-refractivity contribution in [1.82, 2.24) is 10.2 Å². The number of carbonyl (C=O) groups is 2. The molecule has 6 heteroatoms. The summed E-state index contributed by atoms with van der Waals surface area (Å²) in [6, 6.07) is 8.54. The molecule has 2 amide bonds. The molecule has 1 atom stereocenters. The summed E-state index contributed by atoms with van der Waals surface area (Å²) in [6.45, 7) is 7.74. The molecule has 0 fully saturated rings. The lowest BCUT2D eigenvalue weighted by molar-refractivity contribution is -0.135. The third-order valence-corrected chi connectivity index (χ3v) is 5.79. The zero-order valence-corrected chi connectivity index (χ0v) is 16.8.